The third-order valence-electron chi connectivity index (χ3n) is 4.94. The molecule has 0 spiro atoms. The summed E-state index contributed by atoms with van der Waals surface area (Å²) in [5.74, 6) is 1.44. The number of methoxy groups -OCH3 is 1. The van der Waals surface area contributed by atoms with E-state index in [0.717, 1.165) is 84.0 Å². The number of ether oxygens (including phenoxy) is 2. The number of guanidine groups is 1. The molecule has 0 bridgehead atoms. The standard InChI is InChI=1S/C21H42N4O3/c1-5-22-21(23-11-9-7-6-8-10-20(26)27-4)24-17-19(16-18(2)3)25-12-14-28-15-13-25/h18-19H,5-17H2,1-4H3,(H2,22,23,24). The molecule has 0 saturated carbocycles. The lowest BCUT2D eigenvalue weighted by atomic mass is 10.0. The van der Waals surface area contributed by atoms with E-state index in [4.69, 9.17) is 9.73 Å². The Morgan fingerprint density at radius 3 is 2.50 bits per heavy atom. The lowest BCUT2D eigenvalue weighted by Crippen LogP contribution is -2.46. The Morgan fingerprint density at radius 2 is 1.86 bits per heavy atom. The molecule has 0 amide bonds. The van der Waals surface area contributed by atoms with Crippen LogP contribution in [-0.2, 0) is 14.3 Å². The van der Waals surface area contributed by atoms with E-state index in [2.05, 4.69) is 41.0 Å². The van der Waals surface area contributed by atoms with Gasteiger partial charge in [-0.25, -0.2) is 0 Å². The van der Waals surface area contributed by atoms with Crippen LogP contribution in [0.5, 0.6) is 0 Å². The molecule has 0 aromatic carbocycles. The van der Waals surface area contributed by atoms with Crippen molar-refractivity contribution in [2.75, 3.05) is 53.0 Å². The first-order chi connectivity index (χ1) is 13.6. The Labute approximate surface area is 171 Å². The van der Waals surface area contributed by atoms with E-state index in [1.807, 2.05) is 0 Å². The number of unbranched alkanes of at least 4 members (excludes halogenated alkanes) is 3. The maximum absolute atomic E-state index is 11.1. The second-order valence-corrected chi connectivity index (χ2v) is 7.82. The van der Waals surface area contributed by atoms with Crippen molar-refractivity contribution in [2.24, 2.45) is 10.9 Å². The van der Waals surface area contributed by atoms with Gasteiger partial charge in [0.2, 0.25) is 0 Å². The van der Waals surface area contributed by atoms with Crippen LogP contribution in [0.25, 0.3) is 0 Å². The average molecular weight is 399 g/mol. The van der Waals surface area contributed by atoms with Gasteiger partial charge in [0.15, 0.2) is 5.96 Å². The SMILES string of the molecule is CCNC(=NCC(CC(C)C)N1CCOCC1)NCCCCCCC(=O)OC. The number of aliphatic imine (C=N–C) groups is 1. The first-order valence-corrected chi connectivity index (χ1v) is 11.0. The summed E-state index contributed by atoms with van der Waals surface area (Å²) in [6, 6.07) is 0.470. The van der Waals surface area contributed by atoms with E-state index >= 15 is 0 Å². The molecule has 1 fully saturated rings. The summed E-state index contributed by atoms with van der Waals surface area (Å²) in [6.45, 7) is 12.9. The Kier molecular flexibility index (Phi) is 13.7. The van der Waals surface area contributed by atoms with Gasteiger partial charge in [0.05, 0.1) is 26.9 Å². The van der Waals surface area contributed by atoms with Crippen molar-refractivity contribution < 1.29 is 14.3 Å². The van der Waals surface area contributed by atoms with Crippen LogP contribution in [0, 0.1) is 5.92 Å². The smallest absolute Gasteiger partial charge is 0.305 e. The highest BCUT2D eigenvalue weighted by Gasteiger charge is 2.21. The zero-order chi connectivity index (χ0) is 20.6. The minimum atomic E-state index is -0.115. The topological polar surface area (TPSA) is 75.2 Å². The van der Waals surface area contributed by atoms with Crippen molar-refractivity contribution >= 4 is 11.9 Å². The fraction of sp³-hybridized carbons (Fsp3) is 0.905. The number of nitrogens with zero attached hydrogens (tertiary/aromatic N) is 2. The van der Waals surface area contributed by atoms with Gasteiger partial charge in [0.25, 0.3) is 0 Å². The Bertz CT molecular complexity index is 437. The molecule has 1 aliphatic rings. The van der Waals surface area contributed by atoms with Crippen LogP contribution in [0.2, 0.25) is 0 Å². The molecule has 1 unspecified atom stereocenters. The summed E-state index contributed by atoms with van der Waals surface area (Å²) in [4.78, 5) is 18.5. The molecule has 1 heterocycles. The number of carbonyl (C=O) groups excluding carboxylic acids is 1. The van der Waals surface area contributed by atoms with E-state index in [0.29, 0.717) is 18.4 Å². The van der Waals surface area contributed by atoms with Gasteiger partial charge in [-0.1, -0.05) is 26.7 Å². The molecule has 164 valence electrons. The highest BCUT2D eigenvalue weighted by molar-refractivity contribution is 5.79. The summed E-state index contributed by atoms with van der Waals surface area (Å²) < 4.78 is 10.2. The Balaban J connectivity index is 2.37. The van der Waals surface area contributed by atoms with Crippen molar-refractivity contribution in [3.63, 3.8) is 0 Å². The third kappa shape index (κ3) is 11.5. The highest BCUT2D eigenvalue weighted by atomic mass is 16.5. The van der Waals surface area contributed by atoms with E-state index in [-0.39, 0.29) is 5.97 Å². The van der Waals surface area contributed by atoms with Gasteiger partial charge in [0.1, 0.15) is 0 Å². The van der Waals surface area contributed by atoms with Crippen LogP contribution in [0.3, 0.4) is 0 Å². The van der Waals surface area contributed by atoms with E-state index in [9.17, 15) is 4.79 Å². The largest absolute Gasteiger partial charge is 0.469 e. The molecule has 28 heavy (non-hydrogen) atoms. The van der Waals surface area contributed by atoms with Gasteiger partial charge in [-0.05, 0) is 32.1 Å². The van der Waals surface area contributed by atoms with E-state index in [1.165, 1.54) is 7.11 Å². The van der Waals surface area contributed by atoms with Crippen molar-refractivity contribution in [3.8, 4) is 0 Å². The number of hydrogen-bond acceptors (Lipinski definition) is 5. The molecule has 0 radical (unpaired) electrons. The van der Waals surface area contributed by atoms with E-state index in [1.54, 1.807) is 0 Å². The van der Waals surface area contributed by atoms with Gasteiger partial charge in [-0.3, -0.25) is 14.7 Å². The molecule has 1 atom stereocenters. The molecule has 7 nitrogen and oxygen atoms in total. The van der Waals surface area contributed by atoms with Gasteiger partial charge in [-0.2, -0.15) is 0 Å². The van der Waals surface area contributed by atoms with Crippen LogP contribution in [0.1, 0.15) is 59.3 Å². The third-order valence-corrected chi connectivity index (χ3v) is 4.94. The summed E-state index contributed by atoms with van der Waals surface area (Å²) >= 11 is 0. The molecule has 0 aromatic heterocycles. The number of rotatable bonds is 13. The second kappa shape index (κ2) is 15.6. The molecule has 1 saturated heterocycles. The first-order valence-electron chi connectivity index (χ1n) is 11.0. The molecule has 0 aliphatic carbocycles. The maximum atomic E-state index is 11.1. The predicted octanol–water partition coefficient (Wildman–Crippen LogP) is 2.41. The summed E-state index contributed by atoms with van der Waals surface area (Å²) in [5.41, 5.74) is 0. The summed E-state index contributed by atoms with van der Waals surface area (Å²) in [7, 11) is 1.44. The van der Waals surface area contributed by atoms with Gasteiger partial charge in [-0.15, -0.1) is 0 Å². The van der Waals surface area contributed by atoms with Gasteiger partial charge < -0.3 is 20.1 Å². The normalized spacial score (nSPS) is 16.8. The molecule has 1 rings (SSSR count). The Morgan fingerprint density at radius 1 is 1.14 bits per heavy atom. The number of esters is 1. The van der Waals surface area contributed by atoms with Crippen LogP contribution < -0.4 is 10.6 Å². The fourth-order valence-corrected chi connectivity index (χ4v) is 3.42. The number of morpholine rings is 1. The average Bonchev–Trinajstić information content (AvgIpc) is 2.70. The minimum Gasteiger partial charge on any atom is -0.469 e. The summed E-state index contributed by atoms with van der Waals surface area (Å²) in [6.07, 6.45) is 5.81. The van der Waals surface area contributed by atoms with E-state index < -0.39 is 0 Å². The number of nitrogens with one attached hydrogen (secondary N) is 2. The molecule has 1 aliphatic heterocycles. The number of carbonyl (C=O) groups is 1. The second-order valence-electron chi connectivity index (χ2n) is 7.82. The quantitative estimate of drug-likeness (QED) is 0.215. The highest BCUT2D eigenvalue weighted by Crippen LogP contribution is 2.14. The van der Waals surface area contributed by atoms with Crippen molar-refractivity contribution in [2.45, 2.75) is 65.3 Å². The van der Waals surface area contributed by atoms with Crippen LogP contribution in [0.4, 0.5) is 0 Å². The van der Waals surface area contributed by atoms with Crippen molar-refractivity contribution in [1.29, 1.82) is 0 Å². The van der Waals surface area contributed by atoms with Gasteiger partial charge >= 0.3 is 5.97 Å². The maximum Gasteiger partial charge on any atom is 0.305 e. The first kappa shape index (κ1) is 24.7. The lowest BCUT2D eigenvalue weighted by Gasteiger charge is -2.34. The number of hydrogen-bond donors (Lipinski definition) is 2. The zero-order valence-electron chi connectivity index (χ0n) is 18.5. The van der Waals surface area contributed by atoms with Crippen LogP contribution >= 0.6 is 0 Å². The molecule has 2 N–H and O–H groups in total. The summed E-state index contributed by atoms with van der Waals surface area (Å²) in [5, 5.41) is 6.80. The molecule has 0 aromatic rings. The molecular formula is C21H42N4O3. The van der Waals surface area contributed by atoms with Crippen LogP contribution in [-0.4, -0.2) is 75.9 Å². The predicted molar refractivity (Wildman–Crippen MR) is 115 cm³/mol. The molecule has 7 heteroatoms. The lowest BCUT2D eigenvalue weighted by molar-refractivity contribution is -0.140. The Hall–Kier alpha value is -1.34. The minimum absolute atomic E-state index is 0.115. The zero-order valence-corrected chi connectivity index (χ0v) is 18.5. The monoisotopic (exact) mass is 398 g/mol. The van der Waals surface area contributed by atoms with Crippen molar-refractivity contribution in [1.82, 2.24) is 15.5 Å². The van der Waals surface area contributed by atoms with Crippen molar-refractivity contribution in [3.05, 3.63) is 0 Å². The fourth-order valence-electron chi connectivity index (χ4n) is 3.42. The van der Waals surface area contributed by atoms with Gasteiger partial charge in [0, 0.05) is 38.6 Å². The molecular weight excluding hydrogens is 356 g/mol. The van der Waals surface area contributed by atoms with Crippen LogP contribution in [0.15, 0.2) is 4.99 Å².